The molecule has 0 fully saturated rings. The van der Waals surface area contributed by atoms with E-state index in [9.17, 15) is 5.11 Å². The average molecular weight is 269 g/mol. The SMILES string of the molecule is CCc1nnc(C)cc1C(O)c1ccc(Cl)s1. The number of aryl methyl sites for hydroxylation is 2. The maximum atomic E-state index is 10.3. The molecule has 2 aromatic rings. The van der Waals surface area contributed by atoms with Crippen molar-refractivity contribution in [2.45, 2.75) is 26.4 Å². The van der Waals surface area contributed by atoms with Crippen molar-refractivity contribution < 1.29 is 5.11 Å². The lowest BCUT2D eigenvalue weighted by Crippen LogP contribution is -2.06. The first-order chi connectivity index (χ1) is 8.11. The van der Waals surface area contributed by atoms with Crippen molar-refractivity contribution in [2.24, 2.45) is 0 Å². The van der Waals surface area contributed by atoms with Crippen LogP contribution in [0.25, 0.3) is 0 Å². The van der Waals surface area contributed by atoms with E-state index in [0.717, 1.165) is 28.2 Å². The molecule has 0 bridgehead atoms. The number of halogens is 1. The molecule has 0 saturated carbocycles. The second-order valence-electron chi connectivity index (χ2n) is 3.79. The fraction of sp³-hybridized carbons (Fsp3) is 0.333. The Labute approximate surface area is 109 Å². The van der Waals surface area contributed by atoms with Crippen molar-refractivity contribution >= 4 is 22.9 Å². The molecule has 1 N–H and O–H groups in total. The molecule has 3 nitrogen and oxygen atoms in total. The number of thiophene rings is 1. The summed E-state index contributed by atoms with van der Waals surface area (Å²) in [7, 11) is 0. The van der Waals surface area contributed by atoms with Gasteiger partial charge >= 0.3 is 0 Å². The van der Waals surface area contributed by atoms with Gasteiger partial charge in [0.15, 0.2) is 0 Å². The molecular weight excluding hydrogens is 256 g/mol. The maximum absolute atomic E-state index is 10.3. The summed E-state index contributed by atoms with van der Waals surface area (Å²) in [5.41, 5.74) is 2.45. The molecule has 0 aliphatic rings. The van der Waals surface area contributed by atoms with Crippen LogP contribution in [0.2, 0.25) is 4.34 Å². The number of nitrogens with zero attached hydrogens (tertiary/aromatic N) is 2. The maximum Gasteiger partial charge on any atom is 0.115 e. The van der Waals surface area contributed by atoms with E-state index in [4.69, 9.17) is 11.6 Å². The van der Waals surface area contributed by atoms with Gasteiger partial charge in [-0.3, -0.25) is 0 Å². The molecule has 1 unspecified atom stereocenters. The fourth-order valence-corrected chi connectivity index (χ4v) is 2.74. The quantitative estimate of drug-likeness (QED) is 0.930. The van der Waals surface area contributed by atoms with Crippen LogP contribution in [-0.2, 0) is 6.42 Å². The molecule has 0 aromatic carbocycles. The minimum atomic E-state index is -0.670. The van der Waals surface area contributed by atoms with Crippen LogP contribution in [0.1, 0.15) is 34.9 Å². The van der Waals surface area contributed by atoms with E-state index < -0.39 is 6.10 Å². The molecule has 0 amide bonds. The number of rotatable bonds is 3. The Bertz CT molecular complexity index is 527. The molecule has 17 heavy (non-hydrogen) atoms. The van der Waals surface area contributed by atoms with Crippen LogP contribution in [0.15, 0.2) is 18.2 Å². The van der Waals surface area contributed by atoms with E-state index in [1.54, 1.807) is 6.07 Å². The number of hydrogen-bond donors (Lipinski definition) is 1. The van der Waals surface area contributed by atoms with Gasteiger partial charge in [0.1, 0.15) is 6.10 Å². The van der Waals surface area contributed by atoms with Gasteiger partial charge in [-0.2, -0.15) is 10.2 Å². The van der Waals surface area contributed by atoms with Gasteiger partial charge in [-0.25, -0.2) is 0 Å². The van der Waals surface area contributed by atoms with Crippen molar-refractivity contribution in [3.05, 3.63) is 44.4 Å². The minimum Gasteiger partial charge on any atom is -0.383 e. The molecule has 90 valence electrons. The van der Waals surface area contributed by atoms with Crippen molar-refractivity contribution in [3.8, 4) is 0 Å². The van der Waals surface area contributed by atoms with Gasteiger partial charge in [0.2, 0.25) is 0 Å². The number of aliphatic hydroxyl groups excluding tert-OH is 1. The first-order valence-corrected chi connectivity index (χ1v) is 6.57. The van der Waals surface area contributed by atoms with Gasteiger partial charge in [-0.05, 0) is 31.5 Å². The van der Waals surface area contributed by atoms with E-state index in [1.165, 1.54) is 11.3 Å². The molecule has 0 saturated heterocycles. The largest absolute Gasteiger partial charge is 0.383 e. The van der Waals surface area contributed by atoms with Gasteiger partial charge in [-0.15, -0.1) is 11.3 Å². The average Bonchev–Trinajstić information content (AvgIpc) is 2.75. The first-order valence-electron chi connectivity index (χ1n) is 5.38. The van der Waals surface area contributed by atoms with Gasteiger partial charge in [0.25, 0.3) is 0 Å². The van der Waals surface area contributed by atoms with E-state index in [-0.39, 0.29) is 0 Å². The van der Waals surface area contributed by atoms with E-state index in [0.29, 0.717) is 4.34 Å². The summed E-state index contributed by atoms with van der Waals surface area (Å²) in [6.45, 7) is 3.86. The summed E-state index contributed by atoms with van der Waals surface area (Å²) in [5.74, 6) is 0. The Kier molecular flexibility index (Phi) is 3.76. The van der Waals surface area contributed by atoms with Crippen LogP contribution in [0.5, 0.6) is 0 Å². The van der Waals surface area contributed by atoms with Crippen LogP contribution < -0.4 is 0 Å². The van der Waals surface area contributed by atoms with E-state index >= 15 is 0 Å². The zero-order valence-corrected chi connectivity index (χ0v) is 11.2. The molecular formula is C12H13ClN2OS. The third kappa shape index (κ3) is 2.65. The van der Waals surface area contributed by atoms with Gasteiger partial charge in [-0.1, -0.05) is 18.5 Å². The summed E-state index contributed by atoms with van der Waals surface area (Å²) in [6, 6.07) is 5.51. The third-order valence-electron chi connectivity index (χ3n) is 2.52. The lowest BCUT2D eigenvalue weighted by atomic mass is 10.0. The summed E-state index contributed by atoms with van der Waals surface area (Å²) in [5, 5.41) is 18.4. The number of aromatic nitrogens is 2. The molecule has 2 heterocycles. The number of aliphatic hydroxyl groups is 1. The summed E-state index contributed by atoms with van der Waals surface area (Å²) >= 11 is 7.26. The normalized spacial score (nSPS) is 12.7. The zero-order chi connectivity index (χ0) is 12.4. The van der Waals surface area contributed by atoms with Gasteiger partial charge in [0, 0.05) is 10.4 Å². The molecule has 1 atom stereocenters. The predicted molar refractivity (Wildman–Crippen MR) is 69.5 cm³/mol. The Morgan fingerprint density at radius 2 is 2.18 bits per heavy atom. The van der Waals surface area contributed by atoms with Crippen molar-refractivity contribution in [2.75, 3.05) is 0 Å². The molecule has 0 aliphatic heterocycles. The van der Waals surface area contributed by atoms with E-state index in [1.807, 2.05) is 26.0 Å². The molecule has 2 aromatic heterocycles. The zero-order valence-electron chi connectivity index (χ0n) is 9.64. The highest BCUT2D eigenvalue weighted by Crippen LogP contribution is 2.32. The highest BCUT2D eigenvalue weighted by Gasteiger charge is 2.17. The topological polar surface area (TPSA) is 46.0 Å². The Balaban J connectivity index is 2.42. The molecule has 5 heteroatoms. The van der Waals surface area contributed by atoms with Crippen LogP contribution in [-0.4, -0.2) is 15.3 Å². The Hall–Kier alpha value is -0.970. The second kappa shape index (κ2) is 5.12. The van der Waals surface area contributed by atoms with E-state index in [2.05, 4.69) is 10.2 Å². The predicted octanol–water partition coefficient (Wildman–Crippen LogP) is 3.14. The van der Waals surface area contributed by atoms with Crippen molar-refractivity contribution in [1.29, 1.82) is 0 Å². The fourth-order valence-electron chi connectivity index (χ4n) is 1.67. The van der Waals surface area contributed by atoms with Crippen LogP contribution >= 0.6 is 22.9 Å². The standard InChI is InChI=1S/C12H13ClN2OS/c1-3-9-8(6-7(2)14-15-9)12(16)10-4-5-11(13)17-10/h4-6,12,16H,3H2,1-2H3. The van der Waals surface area contributed by atoms with Crippen LogP contribution in [0.3, 0.4) is 0 Å². The second-order valence-corrected chi connectivity index (χ2v) is 5.53. The van der Waals surface area contributed by atoms with Gasteiger partial charge in [0.05, 0.1) is 15.7 Å². The molecule has 0 radical (unpaired) electrons. The van der Waals surface area contributed by atoms with Crippen molar-refractivity contribution in [1.82, 2.24) is 10.2 Å². The number of hydrogen-bond acceptors (Lipinski definition) is 4. The molecule has 0 aliphatic carbocycles. The van der Waals surface area contributed by atoms with Crippen molar-refractivity contribution in [3.63, 3.8) is 0 Å². The Morgan fingerprint density at radius 3 is 2.76 bits per heavy atom. The lowest BCUT2D eigenvalue weighted by molar-refractivity contribution is 0.222. The summed E-state index contributed by atoms with van der Waals surface area (Å²) < 4.78 is 0.677. The third-order valence-corrected chi connectivity index (χ3v) is 3.80. The van der Waals surface area contributed by atoms with Crippen LogP contribution in [0, 0.1) is 6.92 Å². The highest BCUT2D eigenvalue weighted by atomic mass is 35.5. The van der Waals surface area contributed by atoms with Gasteiger partial charge < -0.3 is 5.11 Å². The lowest BCUT2D eigenvalue weighted by Gasteiger charge is -2.12. The smallest absolute Gasteiger partial charge is 0.115 e. The summed E-state index contributed by atoms with van der Waals surface area (Å²) in [6.07, 6.45) is 0.0790. The summed E-state index contributed by atoms with van der Waals surface area (Å²) in [4.78, 5) is 0.831. The molecule has 2 rings (SSSR count). The Morgan fingerprint density at radius 1 is 1.41 bits per heavy atom. The minimum absolute atomic E-state index is 0.670. The first kappa shape index (κ1) is 12.5. The van der Waals surface area contributed by atoms with Crippen LogP contribution in [0.4, 0.5) is 0 Å². The molecule has 0 spiro atoms. The highest BCUT2D eigenvalue weighted by molar-refractivity contribution is 7.16. The monoisotopic (exact) mass is 268 g/mol.